The minimum absolute atomic E-state index is 0.944. The van der Waals surface area contributed by atoms with E-state index in [1.807, 2.05) is 0 Å². The molecular weight excluding hydrogens is 619 g/mol. The summed E-state index contributed by atoms with van der Waals surface area (Å²) in [6, 6.07) is 26.8. The van der Waals surface area contributed by atoms with Crippen LogP contribution in [0.2, 0.25) is 0 Å². The van der Waals surface area contributed by atoms with Gasteiger partial charge in [-0.25, -0.2) is 0 Å². The summed E-state index contributed by atoms with van der Waals surface area (Å²) in [7, 11) is 11.8. The van der Waals surface area contributed by atoms with Gasteiger partial charge in [0.05, 0.1) is 0 Å². The van der Waals surface area contributed by atoms with E-state index in [9.17, 15) is 0 Å². The minimum Gasteiger partial charge on any atom is -0.153 e. The molecule has 3 aliphatic rings. The van der Waals surface area contributed by atoms with Crippen molar-refractivity contribution in [2.75, 3.05) is 0 Å². The van der Waals surface area contributed by atoms with Crippen molar-refractivity contribution in [3.8, 4) is 0 Å². The topological polar surface area (TPSA) is 0 Å². The van der Waals surface area contributed by atoms with Crippen molar-refractivity contribution in [3.63, 3.8) is 0 Å². The first-order valence-corrected chi connectivity index (χ1v) is 24.0. The predicted octanol–water partition coefficient (Wildman–Crippen LogP) is 12.4. The van der Waals surface area contributed by atoms with Crippen LogP contribution in [-0.2, 0) is 31.7 Å². The molecule has 0 saturated heterocycles. The van der Waals surface area contributed by atoms with Crippen molar-refractivity contribution in [1.29, 1.82) is 0 Å². The van der Waals surface area contributed by atoms with Gasteiger partial charge in [0, 0.05) is 0 Å². The number of halogens is 2. The van der Waals surface area contributed by atoms with Gasteiger partial charge in [0.1, 0.15) is 0 Å². The molecule has 0 bridgehead atoms. The van der Waals surface area contributed by atoms with Crippen LogP contribution in [0.5, 0.6) is 0 Å². The minimum atomic E-state index is -1.88. The number of hydrogen-bond donors (Lipinski definition) is 0. The van der Waals surface area contributed by atoms with Gasteiger partial charge in [-0.3, -0.25) is 0 Å². The van der Waals surface area contributed by atoms with Crippen LogP contribution in [0.25, 0.3) is 21.5 Å². The van der Waals surface area contributed by atoms with Crippen molar-refractivity contribution in [2.45, 2.75) is 109 Å². The van der Waals surface area contributed by atoms with E-state index in [2.05, 4.69) is 72.8 Å². The monoisotopic (exact) mass is 664 g/mol. The second-order valence-corrected chi connectivity index (χ2v) is 21.4. The van der Waals surface area contributed by atoms with Gasteiger partial charge in [-0.15, -0.1) is 82.2 Å². The summed E-state index contributed by atoms with van der Waals surface area (Å²) in [6.07, 6.45) is 23.6. The maximum atomic E-state index is 5.88. The van der Waals surface area contributed by atoms with Crippen molar-refractivity contribution in [1.82, 2.24) is 0 Å². The van der Waals surface area contributed by atoms with Crippen LogP contribution < -0.4 is 0 Å². The SMILES string of the molecule is [Cl][Zr]([Cl])=[C]1CCCCC1.c1ccc2c(CC3CCCCC3)c[cH-]c2c1.c1ccc2c(CC3CCCCC3)c[cH-]c2c1. The molecule has 0 radical (unpaired) electrons. The van der Waals surface area contributed by atoms with Crippen LogP contribution in [0.1, 0.15) is 107 Å². The zero-order chi connectivity index (χ0) is 28.3. The summed E-state index contributed by atoms with van der Waals surface area (Å²) in [5.74, 6) is 1.89. The van der Waals surface area contributed by atoms with Crippen molar-refractivity contribution in [3.05, 3.63) is 83.9 Å². The number of rotatable bonds is 4. The van der Waals surface area contributed by atoms with E-state index in [4.69, 9.17) is 17.0 Å². The fourth-order valence-electron chi connectivity index (χ4n) is 7.36. The molecule has 0 unspecified atom stereocenters. The average molecular weight is 667 g/mol. The largest absolute Gasteiger partial charge is 0.153 e. The van der Waals surface area contributed by atoms with E-state index in [1.165, 1.54) is 134 Å². The molecule has 0 atom stereocenters. The summed E-state index contributed by atoms with van der Waals surface area (Å²) in [5.41, 5.74) is 3.14. The second-order valence-electron chi connectivity index (χ2n) is 12.7. The normalized spacial score (nSPS) is 18.4. The van der Waals surface area contributed by atoms with E-state index in [0.29, 0.717) is 0 Å². The molecule has 0 heterocycles. The van der Waals surface area contributed by atoms with Gasteiger partial charge in [0.25, 0.3) is 0 Å². The van der Waals surface area contributed by atoms with E-state index in [0.717, 1.165) is 11.8 Å². The van der Waals surface area contributed by atoms with E-state index in [1.54, 1.807) is 11.1 Å². The van der Waals surface area contributed by atoms with Gasteiger partial charge in [-0.05, 0) is 11.8 Å². The van der Waals surface area contributed by atoms with Gasteiger partial charge in [-0.2, -0.15) is 11.1 Å². The Morgan fingerprint density at radius 1 is 0.561 bits per heavy atom. The Hall–Kier alpha value is -1.01. The molecule has 0 amide bonds. The Morgan fingerprint density at radius 2 is 0.976 bits per heavy atom. The molecule has 0 aromatic heterocycles. The maximum absolute atomic E-state index is 5.88. The third kappa shape index (κ3) is 9.49. The third-order valence-electron chi connectivity index (χ3n) is 9.73. The molecule has 3 heteroatoms. The molecule has 4 aromatic rings. The van der Waals surface area contributed by atoms with Gasteiger partial charge < -0.3 is 0 Å². The third-order valence-corrected chi connectivity index (χ3v) is 15.4. The molecule has 3 fully saturated rings. The van der Waals surface area contributed by atoms with Crippen LogP contribution >= 0.6 is 17.0 Å². The van der Waals surface area contributed by atoms with Gasteiger partial charge >= 0.3 is 71.2 Å². The molecule has 0 spiro atoms. The molecule has 4 aromatic carbocycles. The Kier molecular flexibility index (Phi) is 12.8. The zero-order valence-electron chi connectivity index (χ0n) is 24.9. The molecule has 41 heavy (non-hydrogen) atoms. The van der Waals surface area contributed by atoms with Crippen molar-refractivity contribution >= 4 is 41.8 Å². The Labute approximate surface area is 263 Å². The van der Waals surface area contributed by atoms with E-state index >= 15 is 0 Å². The Balaban J connectivity index is 0.000000129. The first-order valence-electron chi connectivity index (χ1n) is 16.5. The molecule has 3 aliphatic carbocycles. The number of fused-ring (bicyclic) bond motifs is 2. The van der Waals surface area contributed by atoms with Crippen LogP contribution in [0, 0.1) is 11.8 Å². The molecule has 3 saturated carbocycles. The fraction of sp³-hybridized carbons (Fsp3) is 0.500. The summed E-state index contributed by atoms with van der Waals surface area (Å²) < 4.78 is 1.53. The van der Waals surface area contributed by atoms with Crippen molar-refractivity contribution in [2.24, 2.45) is 11.8 Å². The summed E-state index contributed by atoms with van der Waals surface area (Å²) in [4.78, 5) is 0. The first-order chi connectivity index (χ1) is 20.2. The molecule has 0 N–H and O–H groups in total. The Bertz CT molecular complexity index is 1260. The number of hydrogen-bond acceptors (Lipinski definition) is 0. The van der Waals surface area contributed by atoms with Crippen LogP contribution in [0.3, 0.4) is 0 Å². The van der Waals surface area contributed by atoms with Crippen LogP contribution in [0.4, 0.5) is 0 Å². The summed E-state index contributed by atoms with van der Waals surface area (Å²) in [6.45, 7) is 0. The smallest absolute Gasteiger partial charge is 0.0461 e. The summed E-state index contributed by atoms with van der Waals surface area (Å²) >= 11 is -1.88. The summed E-state index contributed by atoms with van der Waals surface area (Å²) in [5, 5.41) is 5.78. The standard InChI is InChI=1S/2C16H19.C6H10.2ClH.Zr/c2*1-2-6-13(7-3-1)12-15-11-10-14-8-4-5-9-16(14)15;1-2-4-6-5-3-1;;;/h2*4-5,8-11,13H,1-3,6-7,12H2;1-5H2;2*1H;/q2*-1;;;;+2/p-2. The van der Waals surface area contributed by atoms with Gasteiger partial charge in [-0.1, -0.05) is 89.2 Å². The molecule has 220 valence electrons. The van der Waals surface area contributed by atoms with Gasteiger partial charge in [0.15, 0.2) is 0 Å². The molecule has 0 nitrogen and oxygen atoms in total. The van der Waals surface area contributed by atoms with Crippen LogP contribution in [-0.4, -0.2) is 3.21 Å². The first kappa shape index (κ1) is 31.4. The Morgan fingerprint density at radius 3 is 1.39 bits per heavy atom. The maximum Gasteiger partial charge on any atom is -0.0461 e. The van der Waals surface area contributed by atoms with Crippen molar-refractivity contribution < 1.29 is 18.9 Å². The van der Waals surface area contributed by atoms with E-state index in [-0.39, 0.29) is 0 Å². The average Bonchev–Trinajstić information content (AvgIpc) is 3.63. The molecule has 7 rings (SSSR count). The number of benzene rings is 2. The zero-order valence-corrected chi connectivity index (χ0v) is 28.8. The second kappa shape index (κ2) is 16.7. The fourth-order valence-corrected chi connectivity index (χ4v) is 11.4. The molecular formula is C38H48Cl2Zr-2. The molecule has 0 aliphatic heterocycles. The quantitative estimate of drug-likeness (QED) is 0.190. The van der Waals surface area contributed by atoms with E-state index < -0.39 is 18.9 Å². The predicted molar refractivity (Wildman–Crippen MR) is 179 cm³/mol. The van der Waals surface area contributed by atoms with Gasteiger partial charge in [0.2, 0.25) is 0 Å². The van der Waals surface area contributed by atoms with Crippen LogP contribution in [0.15, 0.2) is 72.8 Å².